The second kappa shape index (κ2) is 9.22. The van der Waals surface area contributed by atoms with Crippen LogP contribution < -0.4 is 15.4 Å². The van der Waals surface area contributed by atoms with E-state index in [4.69, 9.17) is 4.74 Å². The molecular formula is C19H21BrN2O3. The third-order valence-corrected chi connectivity index (χ3v) is 4.10. The third kappa shape index (κ3) is 5.90. The molecule has 0 aliphatic rings. The molecular weight excluding hydrogens is 384 g/mol. The molecule has 0 unspecified atom stereocenters. The van der Waals surface area contributed by atoms with E-state index in [1.807, 2.05) is 31.2 Å². The number of benzene rings is 2. The third-order valence-electron chi connectivity index (χ3n) is 3.57. The van der Waals surface area contributed by atoms with Crippen molar-refractivity contribution in [3.8, 4) is 5.75 Å². The van der Waals surface area contributed by atoms with Gasteiger partial charge < -0.3 is 15.4 Å². The quantitative estimate of drug-likeness (QED) is 0.730. The molecule has 0 aliphatic carbocycles. The number of ether oxygens (including phenoxy) is 1. The average Bonchev–Trinajstić information content (AvgIpc) is 2.59. The Morgan fingerprint density at radius 2 is 1.80 bits per heavy atom. The molecule has 2 amide bonds. The molecule has 0 fully saturated rings. The van der Waals surface area contributed by atoms with Crippen molar-refractivity contribution in [3.63, 3.8) is 0 Å². The number of hydrogen-bond acceptors (Lipinski definition) is 3. The Morgan fingerprint density at radius 1 is 1.12 bits per heavy atom. The maximum absolute atomic E-state index is 12.2. The van der Waals surface area contributed by atoms with Gasteiger partial charge in [-0.2, -0.15) is 0 Å². The number of halogens is 1. The first-order valence-corrected chi connectivity index (χ1v) is 8.83. The van der Waals surface area contributed by atoms with Crippen LogP contribution in [0.3, 0.4) is 0 Å². The molecule has 0 radical (unpaired) electrons. The van der Waals surface area contributed by atoms with Gasteiger partial charge in [0.05, 0.1) is 11.7 Å². The second-order valence-electron chi connectivity index (χ2n) is 5.55. The zero-order chi connectivity index (χ0) is 18.2. The van der Waals surface area contributed by atoms with Gasteiger partial charge in [0, 0.05) is 11.4 Å². The summed E-state index contributed by atoms with van der Waals surface area (Å²) in [5.74, 6) is 0.0544. The number of anilines is 1. The summed E-state index contributed by atoms with van der Waals surface area (Å²) in [7, 11) is 0. The van der Waals surface area contributed by atoms with Crippen LogP contribution in [0.1, 0.15) is 31.9 Å². The van der Waals surface area contributed by atoms with Crippen LogP contribution in [0.2, 0.25) is 0 Å². The van der Waals surface area contributed by atoms with Crippen LogP contribution in [0.5, 0.6) is 5.75 Å². The van der Waals surface area contributed by atoms with Gasteiger partial charge in [-0.1, -0.05) is 47.1 Å². The summed E-state index contributed by atoms with van der Waals surface area (Å²) in [5, 5.41) is 5.65. The van der Waals surface area contributed by atoms with Crippen molar-refractivity contribution in [3.05, 3.63) is 58.6 Å². The molecule has 6 heteroatoms. The lowest BCUT2D eigenvalue weighted by Gasteiger charge is -2.18. The highest BCUT2D eigenvalue weighted by molar-refractivity contribution is 9.10. The zero-order valence-electron chi connectivity index (χ0n) is 14.2. The molecule has 2 aromatic carbocycles. The van der Waals surface area contributed by atoms with Gasteiger partial charge in [0.2, 0.25) is 5.91 Å². The van der Waals surface area contributed by atoms with Crippen LogP contribution in [0, 0.1) is 0 Å². The van der Waals surface area contributed by atoms with Gasteiger partial charge in [0.1, 0.15) is 5.75 Å². The number of carbonyl (C=O) groups excluding carboxylic acids is 2. The topological polar surface area (TPSA) is 67.4 Å². The Bertz CT molecular complexity index is 732. The van der Waals surface area contributed by atoms with Crippen molar-refractivity contribution in [2.24, 2.45) is 0 Å². The Kier molecular flexibility index (Phi) is 7.01. The van der Waals surface area contributed by atoms with Crippen LogP contribution in [0.4, 0.5) is 5.69 Å². The maximum Gasteiger partial charge on any atom is 0.258 e. The van der Waals surface area contributed by atoms with Gasteiger partial charge in [-0.05, 0) is 36.2 Å². The monoisotopic (exact) mass is 404 g/mol. The minimum Gasteiger partial charge on any atom is -0.482 e. The average molecular weight is 405 g/mol. The Morgan fingerprint density at radius 3 is 2.44 bits per heavy atom. The van der Waals surface area contributed by atoms with E-state index < -0.39 is 0 Å². The van der Waals surface area contributed by atoms with Crippen LogP contribution in [0.25, 0.3) is 0 Å². The number of amides is 2. The number of nitrogens with one attached hydrogen (secondary N) is 2. The summed E-state index contributed by atoms with van der Waals surface area (Å²) < 4.78 is 6.56. The summed E-state index contributed by atoms with van der Waals surface area (Å²) in [4.78, 5) is 23.4. The summed E-state index contributed by atoms with van der Waals surface area (Å²) >= 11 is 3.40. The van der Waals surface area contributed by atoms with Crippen molar-refractivity contribution in [2.45, 2.75) is 26.3 Å². The smallest absolute Gasteiger partial charge is 0.258 e. The molecule has 0 saturated carbocycles. The molecule has 1 atom stereocenters. The normalized spacial score (nSPS) is 11.5. The van der Waals surface area contributed by atoms with Gasteiger partial charge in [0.25, 0.3) is 5.91 Å². The fraction of sp³-hybridized carbons (Fsp3) is 0.263. The highest BCUT2D eigenvalue weighted by Gasteiger charge is 2.14. The summed E-state index contributed by atoms with van der Waals surface area (Å²) in [5.41, 5.74) is 1.58. The van der Waals surface area contributed by atoms with Gasteiger partial charge in [-0.3, -0.25) is 9.59 Å². The Balaban J connectivity index is 1.96. The zero-order valence-corrected chi connectivity index (χ0v) is 15.8. The lowest BCUT2D eigenvalue weighted by atomic mass is 10.0. The molecule has 2 aromatic rings. The van der Waals surface area contributed by atoms with Crippen molar-refractivity contribution in [2.75, 3.05) is 11.9 Å². The van der Waals surface area contributed by atoms with Crippen molar-refractivity contribution in [1.82, 2.24) is 5.32 Å². The standard InChI is InChI=1S/C19H21BrN2O3/c1-3-16(14-8-10-15(20)11-9-14)22-19(24)12-25-18-7-5-4-6-17(18)21-13(2)23/h4-11,16H,3,12H2,1-2H3,(H,21,23)(H,22,24)/t16-/m1/s1. The lowest BCUT2D eigenvalue weighted by Crippen LogP contribution is -2.32. The fourth-order valence-corrected chi connectivity index (χ4v) is 2.65. The highest BCUT2D eigenvalue weighted by atomic mass is 79.9. The fourth-order valence-electron chi connectivity index (χ4n) is 2.38. The molecule has 0 spiro atoms. The molecule has 0 aromatic heterocycles. The van der Waals surface area contributed by atoms with E-state index in [1.54, 1.807) is 24.3 Å². The molecule has 2 rings (SSSR count). The van der Waals surface area contributed by atoms with E-state index in [-0.39, 0.29) is 24.5 Å². The SMILES string of the molecule is CC[C@@H](NC(=O)COc1ccccc1NC(C)=O)c1ccc(Br)cc1. The first-order chi connectivity index (χ1) is 12.0. The molecule has 0 bridgehead atoms. The Hall–Kier alpha value is -2.34. The molecule has 5 nitrogen and oxygen atoms in total. The van der Waals surface area contributed by atoms with E-state index in [0.717, 1.165) is 16.5 Å². The van der Waals surface area contributed by atoms with Crippen LogP contribution in [0.15, 0.2) is 53.0 Å². The number of carbonyl (C=O) groups is 2. The van der Waals surface area contributed by atoms with Gasteiger partial charge >= 0.3 is 0 Å². The minimum absolute atomic E-state index is 0.0743. The van der Waals surface area contributed by atoms with Gasteiger partial charge in [0.15, 0.2) is 6.61 Å². The molecule has 2 N–H and O–H groups in total. The molecule has 0 saturated heterocycles. The number of para-hydroxylation sites is 2. The van der Waals surface area contributed by atoms with Crippen molar-refractivity contribution in [1.29, 1.82) is 0 Å². The second-order valence-corrected chi connectivity index (χ2v) is 6.46. The summed E-state index contributed by atoms with van der Waals surface area (Å²) in [6, 6.07) is 14.8. The van der Waals surface area contributed by atoms with Crippen LogP contribution in [-0.4, -0.2) is 18.4 Å². The number of hydrogen-bond donors (Lipinski definition) is 2. The molecule has 132 valence electrons. The van der Waals surface area contributed by atoms with E-state index in [0.29, 0.717) is 11.4 Å². The minimum atomic E-state index is -0.215. The van der Waals surface area contributed by atoms with Crippen LogP contribution in [-0.2, 0) is 9.59 Å². The first-order valence-electron chi connectivity index (χ1n) is 8.04. The predicted octanol–water partition coefficient (Wildman–Crippen LogP) is 4.05. The largest absolute Gasteiger partial charge is 0.482 e. The van der Waals surface area contributed by atoms with E-state index in [2.05, 4.69) is 26.6 Å². The molecule has 25 heavy (non-hydrogen) atoms. The highest BCUT2D eigenvalue weighted by Crippen LogP contribution is 2.24. The summed E-state index contributed by atoms with van der Waals surface area (Å²) in [6.07, 6.45) is 0.774. The molecule has 0 aliphatic heterocycles. The lowest BCUT2D eigenvalue weighted by molar-refractivity contribution is -0.123. The maximum atomic E-state index is 12.2. The number of rotatable bonds is 7. The van der Waals surface area contributed by atoms with Gasteiger partial charge in [-0.15, -0.1) is 0 Å². The molecule has 0 heterocycles. The van der Waals surface area contributed by atoms with E-state index >= 15 is 0 Å². The van der Waals surface area contributed by atoms with Gasteiger partial charge in [-0.25, -0.2) is 0 Å². The Labute approximate surface area is 155 Å². The first kappa shape index (κ1) is 19.0. The van der Waals surface area contributed by atoms with Crippen molar-refractivity contribution < 1.29 is 14.3 Å². The van der Waals surface area contributed by atoms with Crippen molar-refractivity contribution >= 4 is 33.4 Å². The predicted molar refractivity (Wildman–Crippen MR) is 102 cm³/mol. The summed E-state index contributed by atoms with van der Waals surface area (Å²) in [6.45, 7) is 3.32. The van der Waals surface area contributed by atoms with E-state index in [9.17, 15) is 9.59 Å². The van der Waals surface area contributed by atoms with Crippen LogP contribution >= 0.6 is 15.9 Å². The van der Waals surface area contributed by atoms with E-state index in [1.165, 1.54) is 6.92 Å².